The molecule has 0 radical (unpaired) electrons. The van der Waals surface area contributed by atoms with Crippen LogP contribution in [0.15, 0.2) is 36.4 Å². The summed E-state index contributed by atoms with van der Waals surface area (Å²) >= 11 is 0. The molecule has 1 aliphatic carbocycles. The summed E-state index contributed by atoms with van der Waals surface area (Å²) in [4.78, 5) is 25.1. The largest absolute Gasteiger partial charge is 0.497 e. The van der Waals surface area contributed by atoms with Gasteiger partial charge in [-0.05, 0) is 23.3 Å². The predicted molar refractivity (Wildman–Crippen MR) is 89.7 cm³/mol. The standard InChI is InChI=1S/C20H16O6/c1-23-9-3-5-11-13(7-9)25-19(21)17-15(11)16-12-6-4-10(24-2)8-14(12)26-20(22)18(16)17/h3-8,15-18H,1-2H3/t15-,16-,17-,18-/m0/s1. The highest BCUT2D eigenvalue weighted by Gasteiger charge is 2.64. The van der Waals surface area contributed by atoms with Crippen LogP contribution < -0.4 is 18.9 Å². The smallest absolute Gasteiger partial charge is 0.315 e. The summed E-state index contributed by atoms with van der Waals surface area (Å²) < 4.78 is 21.4. The number of carbonyl (C=O) groups excluding carboxylic acids is 2. The molecule has 2 aromatic carbocycles. The Morgan fingerprint density at radius 1 is 0.692 bits per heavy atom. The Morgan fingerprint density at radius 3 is 1.50 bits per heavy atom. The van der Waals surface area contributed by atoms with Crippen molar-refractivity contribution in [2.75, 3.05) is 14.2 Å². The van der Waals surface area contributed by atoms with Crippen LogP contribution in [0, 0.1) is 11.8 Å². The second kappa shape index (κ2) is 5.24. The van der Waals surface area contributed by atoms with Crippen molar-refractivity contribution >= 4 is 11.9 Å². The third kappa shape index (κ3) is 1.87. The molecule has 4 atom stereocenters. The summed E-state index contributed by atoms with van der Waals surface area (Å²) in [6.07, 6.45) is 0. The van der Waals surface area contributed by atoms with Crippen molar-refractivity contribution < 1.29 is 28.5 Å². The van der Waals surface area contributed by atoms with Crippen LogP contribution in [0.5, 0.6) is 23.0 Å². The molecule has 3 aliphatic rings. The van der Waals surface area contributed by atoms with Crippen LogP contribution in [0.1, 0.15) is 23.0 Å². The Morgan fingerprint density at radius 2 is 1.12 bits per heavy atom. The van der Waals surface area contributed by atoms with Gasteiger partial charge in [0.15, 0.2) is 0 Å². The molecule has 0 N–H and O–H groups in total. The summed E-state index contributed by atoms with van der Waals surface area (Å²) in [5.41, 5.74) is 1.85. The first kappa shape index (κ1) is 15.3. The molecule has 1 fully saturated rings. The zero-order valence-electron chi connectivity index (χ0n) is 14.2. The van der Waals surface area contributed by atoms with E-state index >= 15 is 0 Å². The maximum atomic E-state index is 12.5. The van der Waals surface area contributed by atoms with Gasteiger partial charge in [0.1, 0.15) is 23.0 Å². The minimum Gasteiger partial charge on any atom is -0.497 e. The van der Waals surface area contributed by atoms with E-state index in [2.05, 4.69) is 0 Å². The summed E-state index contributed by atoms with van der Waals surface area (Å²) in [7, 11) is 3.13. The van der Waals surface area contributed by atoms with Crippen molar-refractivity contribution in [3.63, 3.8) is 0 Å². The first-order chi connectivity index (χ1) is 12.6. The Bertz CT molecular complexity index is 872. The van der Waals surface area contributed by atoms with Crippen LogP contribution in [-0.4, -0.2) is 26.2 Å². The minimum atomic E-state index is -0.511. The van der Waals surface area contributed by atoms with Crippen LogP contribution in [-0.2, 0) is 9.59 Å². The summed E-state index contributed by atoms with van der Waals surface area (Å²) in [5.74, 6) is 0.248. The van der Waals surface area contributed by atoms with Gasteiger partial charge in [0.2, 0.25) is 0 Å². The SMILES string of the molecule is COc1ccc2c(c1)OC(=O)[C@@H]1[C@H]3C(=O)Oc4cc(OC)ccc4[C@H]3[C@H]21. The van der Waals surface area contributed by atoms with Crippen molar-refractivity contribution in [3.8, 4) is 23.0 Å². The Kier molecular flexibility index (Phi) is 3.07. The number of fused-ring (bicyclic) bond motifs is 8. The fraction of sp³-hybridized carbons (Fsp3) is 0.300. The van der Waals surface area contributed by atoms with Gasteiger partial charge >= 0.3 is 11.9 Å². The zero-order chi connectivity index (χ0) is 18.0. The topological polar surface area (TPSA) is 71.1 Å². The van der Waals surface area contributed by atoms with Crippen molar-refractivity contribution in [1.29, 1.82) is 0 Å². The number of ether oxygens (including phenoxy) is 4. The van der Waals surface area contributed by atoms with Gasteiger partial charge in [-0.25, -0.2) is 0 Å². The molecular formula is C20H16O6. The van der Waals surface area contributed by atoms with Crippen LogP contribution in [0.4, 0.5) is 0 Å². The lowest BCUT2D eigenvalue weighted by atomic mass is 9.51. The van der Waals surface area contributed by atoms with E-state index in [9.17, 15) is 9.59 Å². The maximum Gasteiger partial charge on any atom is 0.315 e. The van der Waals surface area contributed by atoms with Crippen LogP contribution in [0.25, 0.3) is 0 Å². The number of hydrogen-bond donors (Lipinski definition) is 0. The normalized spacial score (nSPS) is 27.6. The number of esters is 2. The van der Waals surface area contributed by atoms with E-state index in [-0.39, 0.29) is 23.8 Å². The fourth-order valence-electron chi connectivity index (χ4n) is 4.47. The molecule has 2 aliphatic heterocycles. The van der Waals surface area contributed by atoms with E-state index in [0.717, 1.165) is 11.1 Å². The summed E-state index contributed by atoms with van der Waals surface area (Å²) in [6.45, 7) is 0. The van der Waals surface area contributed by atoms with Gasteiger partial charge in [0, 0.05) is 24.0 Å². The molecule has 1 saturated carbocycles. The molecule has 0 unspecified atom stereocenters. The molecule has 5 rings (SSSR count). The highest BCUT2D eigenvalue weighted by atomic mass is 16.5. The number of carbonyl (C=O) groups is 2. The number of methoxy groups -OCH3 is 2. The Labute approximate surface area is 149 Å². The second-order valence-corrected chi connectivity index (χ2v) is 6.75. The zero-order valence-corrected chi connectivity index (χ0v) is 14.2. The van der Waals surface area contributed by atoms with Crippen LogP contribution in [0.3, 0.4) is 0 Å². The molecule has 6 heteroatoms. The Balaban J connectivity index is 1.64. The maximum absolute atomic E-state index is 12.5. The van der Waals surface area contributed by atoms with Gasteiger partial charge in [-0.1, -0.05) is 12.1 Å². The van der Waals surface area contributed by atoms with Crippen LogP contribution >= 0.6 is 0 Å². The van der Waals surface area contributed by atoms with Crippen molar-refractivity contribution in [2.24, 2.45) is 11.8 Å². The second-order valence-electron chi connectivity index (χ2n) is 6.75. The van der Waals surface area contributed by atoms with E-state index < -0.39 is 11.8 Å². The molecule has 0 spiro atoms. The van der Waals surface area contributed by atoms with Gasteiger partial charge in [-0.15, -0.1) is 0 Å². The predicted octanol–water partition coefficient (Wildman–Crippen LogP) is 2.66. The van der Waals surface area contributed by atoms with Gasteiger partial charge in [0.25, 0.3) is 0 Å². The molecule has 26 heavy (non-hydrogen) atoms. The molecule has 0 bridgehead atoms. The molecule has 2 heterocycles. The van der Waals surface area contributed by atoms with E-state index in [0.29, 0.717) is 23.0 Å². The quantitative estimate of drug-likeness (QED) is 0.611. The molecule has 0 saturated heterocycles. The van der Waals surface area contributed by atoms with Gasteiger partial charge in [-0.2, -0.15) is 0 Å². The molecule has 0 aromatic heterocycles. The van der Waals surface area contributed by atoms with Crippen molar-refractivity contribution in [2.45, 2.75) is 11.8 Å². The van der Waals surface area contributed by atoms with Gasteiger partial charge in [0.05, 0.1) is 26.1 Å². The van der Waals surface area contributed by atoms with E-state index in [1.165, 1.54) is 0 Å². The first-order valence-corrected chi connectivity index (χ1v) is 8.41. The monoisotopic (exact) mass is 352 g/mol. The van der Waals surface area contributed by atoms with Crippen molar-refractivity contribution in [1.82, 2.24) is 0 Å². The third-order valence-corrected chi connectivity index (χ3v) is 5.67. The minimum absolute atomic E-state index is 0.109. The average molecular weight is 352 g/mol. The molecular weight excluding hydrogens is 336 g/mol. The van der Waals surface area contributed by atoms with E-state index in [1.807, 2.05) is 24.3 Å². The lowest BCUT2D eigenvalue weighted by molar-refractivity contribution is -0.165. The van der Waals surface area contributed by atoms with E-state index in [1.54, 1.807) is 26.4 Å². The van der Waals surface area contributed by atoms with Gasteiger partial charge < -0.3 is 18.9 Å². The average Bonchev–Trinajstić information content (AvgIpc) is 2.62. The number of hydrogen-bond acceptors (Lipinski definition) is 6. The number of benzene rings is 2. The van der Waals surface area contributed by atoms with E-state index in [4.69, 9.17) is 18.9 Å². The summed E-state index contributed by atoms with van der Waals surface area (Å²) in [6, 6.07) is 11.0. The summed E-state index contributed by atoms with van der Waals surface area (Å²) in [5, 5.41) is 0. The van der Waals surface area contributed by atoms with Crippen molar-refractivity contribution in [3.05, 3.63) is 47.5 Å². The lowest BCUT2D eigenvalue weighted by Crippen LogP contribution is -2.57. The van der Waals surface area contributed by atoms with Crippen LogP contribution in [0.2, 0.25) is 0 Å². The molecule has 2 aromatic rings. The lowest BCUT2D eigenvalue weighted by Gasteiger charge is -2.53. The number of rotatable bonds is 2. The first-order valence-electron chi connectivity index (χ1n) is 8.41. The highest BCUT2D eigenvalue weighted by molar-refractivity contribution is 5.92. The molecule has 0 amide bonds. The third-order valence-electron chi connectivity index (χ3n) is 5.67. The highest BCUT2D eigenvalue weighted by Crippen LogP contribution is 2.65. The Hall–Kier alpha value is -3.02. The molecule has 132 valence electrons. The molecule has 6 nitrogen and oxygen atoms in total. The fourth-order valence-corrected chi connectivity index (χ4v) is 4.47. The van der Waals surface area contributed by atoms with Gasteiger partial charge in [-0.3, -0.25) is 9.59 Å².